The lowest BCUT2D eigenvalue weighted by Crippen LogP contribution is -2.31. The maximum absolute atomic E-state index is 4.84. The van der Waals surface area contributed by atoms with Gasteiger partial charge in [-0.25, -0.2) is 15.0 Å². The van der Waals surface area contributed by atoms with Crippen LogP contribution in [0.4, 0.5) is 10.9 Å². The molecule has 3 aromatic rings. The molecule has 0 aromatic carbocycles. The monoisotopic (exact) mass is 395 g/mol. The molecule has 1 fully saturated rings. The fourth-order valence-corrected chi connectivity index (χ4v) is 4.09. The summed E-state index contributed by atoms with van der Waals surface area (Å²) < 4.78 is 4.43. The van der Waals surface area contributed by atoms with Gasteiger partial charge < -0.3 is 9.80 Å². The van der Waals surface area contributed by atoms with E-state index in [0.29, 0.717) is 5.82 Å². The van der Waals surface area contributed by atoms with Crippen LogP contribution < -0.4 is 9.80 Å². The first-order chi connectivity index (χ1) is 13.8. The summed E-state index contributed by atoms with van der Waals surface area (Å²) in [5, 5.41) is 1.03. The molecule has 0 spiro atoms. The first-order valence-electron chi connectivity index (χ1n) is 9.88. The quantitative estimate of drug-likeness (QED) is 0.657. The number of aryl methyl sites for hydroxylation is 2. The van der Waals surface area contributed by atoms with Crippen LogP contribution in [0.15, 0.2) is 30.5 Å². The molecule has 3 aromatic heterocycles. The van der Waals surface area contributed by atoms with Crippen molar-refractivity contribution in [3.63, 3.8) is 0 Å². The zero-order valence-corrected chi connectivity index (χ0v) is 17.2. The molecule has 4 heterocycles. The molecule has 0 atom stereocenters. The number of aromatic nitrogens is 5. The average Bonchev–Trinajstić information content (AvgIpc) is 3.10. The number of nitrogens with zero attached hydrogens (tertiary/aromatic N) is 7. The highest BCUT2D eigenvalue weighted by Crippen LogP contribution is 2.23. The summed E-state index contributed by atoms with van der Waals surface area (Å²) >= 11 is 1.51. The summed E-state index contributed by atoms with van der Waals surface area (Å²) in [6.07, 6.45) is 4.60. The Morgan fingerprint density at radius 2 is 1.82 bits per heavy atom. The van der Waals surface area contributed by atoms with Crippen molar-refractivity contribution in [3.05, 3.63) is 42.0 Å². The second-order valence-corrected chi connectivity index (χ2v) is 7.51. The van der Waals surface area contributed by atoms with E-state index in [9.17, 15) is 0 Å². The van der Waals surface area contributed by atoms with Gasteiger partial charge in [0.2, 0.25) is 5.13 Å². The highest BCUT2D eigenvalue weighted by Gasteiger charge is 2.20. The van der Waals surface area contributed by atoms with Crippen LogP contribution in [-0.4, -0.2) is 50.5 Å². The molecule has 28 heavy (non-hydrogen) atoms. The Labute approximate surface area is 169 Å². The lowest BCUT2D eigenvalue weighted by atomic mass is 10.2. The van der Waals surface area contributed by atoms with Crippen LogP contribution >= 0.6 is 11.5 Å². The Balaban J connectivity index is 1.55. The topological polar surface area (TPSA) is 70.9 Å². The Hall–Kier alpha value is -2.61. The summed E-state index contributed by atoms with van der Waals surface area (Å²) in [5.41, 5.74) is 1.86. The highest BCUT2D eigenvalue weighted by atomic mass is 32.1. The van der Waals surface area contributed by atoms with Crippen molar-refractivity contribution in [2.75, 3.05) is 36.0 Å². The molecule has 1 aliphatic rings. The minimum Gasteiger partial charge on any atom is -0.355 e. The van der Waals surface area contributed by atoms with Gasteiger partial charge in [0.25, 0.3) is 0 Å². The van der Waals surface area contributed by atoms with Crippen LogP contribution in [0.5, 0.6) is 0 Å². The fraction of sp³-hybridized carbons (Fsp3) is 0.450. The first-order valence-corrected chi connectivity index (χ1v) is 10.7. The maximum Gasteiger partial charge on any atom is 0.205 e. The molecule has 1 aliphatic heterocycles. The molecule has 0 radical (unpaired) electrons. The van der Waals surface area contributed by atoms with Crippen LogP contribution in [0.1, 0.15) is 31.8 Å². The number of pyridine rings is 1. The van der Waals surface area contributed by atoms with Crippen LogP contribution in [0.2, 0.25) is 0 Å². The third kappa shape index (κ3) is 4.11. The summed E-state index contributed by atoms with van der Waals surface area (Å²) in [6.45, 7) is 8.01. The van der Waals surface area contributed by atoms with Crippen LogP contribution in [0.3, 0.4) is 0 Å². The van der Waals surface area contributed by atoms with E-state index in [1.807, 2.05) is 18.2 Å². The van der Waals surface area contributed by atoms with E-state index in [1.54, 1.807) is 6.20 Å². The Morgan fingerprint density at radius 1 is 0.964 bits per heavy atom. The second-order valence-electron chi connectivity index (χ2n) is 6.78. The standard InChI is InChI=1S/C20H25N7S/c1-3-15-14-18(24-19(22-15)16-8-5-6-9-21-16)26-10-7-11-27(13-12-26)20-23-17(4-2)25-28-20/h5-6,8-9,14H,3-4,7,10-13H2,1-2H3. The first kappa shape index (κ1) is 18.7. The van der Waals surface area contributed by atoms with Crippen LogP contribution in [0.25, 0.3) is 11.5 Å². The van der Waals surface area contributed by atoms with E-state index in [4.69, 9.17) is 4.98 Å². The molecule has 0 bridgehead atoms. The Bertz CT molecular complexity index is 912. The van der Waals surface area contributed by atoms with Gasteiger partial charge >= 0.3 is 0 Å². The summed E-state index contributed by atoms with van der Waals surface area (Å²) in [5.74, 6) is 2.62. The summed E-state index contributed by atoms with van der Waals surface area (Å²) in [6, 6.07) is 7.96. The molecular formula is C20H25N7S. The third-order valence-electron chi connectivity index (χ3n) is 4.89. The van der Waals surface area contributed by atoms with Gasteiger partial charge in [0.1, 0.15) is 17.3 Å². The van der Waals surface area contributed by atoms with Gasteiger partial charge in [-0.2, -0.15) is 4.37 Å². The van der Waals surface area contributed by atoms with E-state index in [-0.39, 0.29) is 0 Å². The van der Waals surface area contributed by atoms with Gasteiger partial charge in [0.15, 0.2) is 5.82 Å². The normalized spacial score (nSPS) is 14.9. The minimum atomic E-state index is 0.702. The molecule has 0 N–H and O–H groups in total. The third-order valence-corrected chi connectivity index (χ3v) is 5.70. The van der Waals surface area contributed by atoms with Gasteiger partial charge in [0.05, 0.1) is 0 Å². The van der Waals surface area contributed by atoms with E-state index < -0.39 is 0 Å². The minimum absolute atomic E-state index is 0.702. The highest BCUT2D eigenvalue weighted by molar-refractivity contribution is 7.09. The van der Waals surface area contributed by atoms with E-state index >= 15 is 0 Å². The predicted octanol–water partition coefficient (Wildman–Crippen LogP) is 3.23. The molecule has 146 valence electrons. The number of rotatable bonds is 5. The molecule has 8 heteroatoms. The molecule has 0 amide bonds. The van der Waals surface area contributed by atoms with Crippen LogP contribution in [-0.2, 0) is 12.8 Å². The molecule has 7 nitrogen and oxygen atoms in total. The largest absolute Gasteiger partial charge is 0.355 e. The van der Waals surface area contributed by atoms with Crippen LogP contribution in [0, 0.1) is 0 Å². The summed E-state index contributed by atoms with van der Waals surface area (Å²) in [4.78, 5) is 23.3. The molecular weight excluding hydrogens is 370 g/mol. The van der Waals surface area contributed by atoms with Gasteiger partial charge in [0, 0.05) is 62.1 Å². The van der Waals surface area contributed by atoms with Crippen molar-refractivity contribution >= 4 is 22.5 Å². The SMILES string of the molecule is CCc1cc(N2CCCN(c3nc(CC)ns3)CC2)nc(-c2ccccn2)n1. The van der Waals surface area contributed by atoms with E-state index in [2.05, 4.69) is 49.0 Å². The molecule has 1 saturated heterocycles. The van der Waals surface area contributed by atoms with Gasteiger partial charge in [-0.3, -0.25) is 4.98 Å². The van der Waals surface area contributed by atoms with Gasteiger partial charge in [-0.1, -0.05) is 19.9 Å². The zero-order chi connectivity index (χ0) is 19.3. The molecule has 0 aliphatic carbocycles. The number of anilines is 2. The van der Waals surface area contributed by atoms with Gasteiger partial charge in [-0.15, -0.1) is 0 Å². The average molecular weight is 396 g/mol. The molecule has 0 unspecified atom stereocenters. The van der Waals surface area contributed by atoms with Crippen molar-refractivity contribution in [2.24, 2.45) is 0 Å². The Morgan fingerprint density at radius 3 is 2.57 bits per heavy atom. The Kier molecular flexibility index (Phi) is 5.76. The smallest absolute Gasteiger partial charge is 0.205 e. The fourth-order valence-electron chi connectivity index (χ4n) is 3.29. The van der Waals surface area contributed by atoms with Crippen molar-refractivity contribution in [2.45, 2.75) is 33.1 Å². The van der Waals surface area contributed by atoms with E-state index in [1.165, 1.54) is 11.5 Å². The van der Waals surface area contributed by atoms with Gasteiger partial charge in [-0.05, 0) is 25.0 Å². The predicted molar refractivity (Wildman–Crippen MR) is 113 cm³/mol. The lowest BCUT2D eigenvalue weighted by molar-refractivity contribution is 0.792. The molecule has 0 saturated carbocycles. The van der Waals surface area contributed by atoms with Crippen molar-refractivity contribution in [1.29, 1.82) is 0 Å². The van der Waals surface area contributed by atoms with E-state index in [0.717, 1.165) is 73.6 Å². The van der Waals surface area contributed by atoms with Crippen molar-refractivity contribution < 1.29 is 0 Å². The second kappa shape index (κ2) is 8.60. The number of hydrogen-bond donors (Lipinski definition) is 0. The lowest BCUT2D eigenvalue weighted by Gasteiger charge is -2.23. The zero-order valence-electron chi connectivity index (χ0n) is 16.4. The molecule has 4 rings (SSSR count). The summed E-state index contributed by atoms with van der Waals surface area (Å²) in [7, 11) is 0. The number of hydrogen-bond acceptors (Lipinski definition) is 8. The van der Waals surface area contributed by atoms with Crippen molar-refractivity contribution in [3.8, 4) is 11.5 Å². The maximum atomic E-state index is 4.84. The van der Waals surface area contributed by atoms with Crippen molar-refractivity contribution in [1.82, 2.24) is 24.3 Å².